The van der Waals surface area contributed by atoms with Gasteiger partial charge in [-0.3, -0.25) is 4.79 Å². The van der Waals surface area contributed by atoms with Gasteiger partial charge in [0.1, 0.15) is 5.69 Å². The van der Waals surface area contributed by atoms with Crippen molar-refractivity contribution in [2.75, 3.05) is 0 Å². The molecule has 2 heterocycles. The molecule has 0 aliphatic heterocycles. The van der Waals surface area contributed by atoms with Crippen LogP contribution < -0.4 is 5.32 Å². The second kappa shape index (κ2) is 7.96. The SMILES string of the molecule is Cc1ccc(Cc2ccc3cc(C)cc(C(=O)N[C@@H](C)c4ccccc4)n23)cc1. The molecule has 2 aromatic carbocycles. The average molecular weight is 383 g/mol. The smallest absolute Gasteiger partial charge is 0.268 e. The predicted octanol–water partition coefficient (Wildman–Crippen LogP) is 5.64. The van der Waals surface area contributed by atoms with E-state index in [0.29, 0.717) is 5.69 Å². The number of nitrogens with zero attached hydrogens (tertiary/aromatic N) is 1. The highest BCUT2D eigenvalue weighted by Gasteiger charge is 2.17. The van der Waals surface area contributed by atoms with Crippen LogP contribution in [0.25, 0.3) is 5.52 Å². The molecule has 146 valence electrons. The largest absolute Gasteiger partial charge is 0.344 e. The number of carbonyl (C=O) groups is 1. The maximum Gasteiger partial charge on any atom is 0.268 e. The molecule has 0 unspecified atom stereocenters. The fraction of sp³-hybridized carbons (Fsp3) is 0.192. The highest BCUT2D eigenvalue weighted by molar-refractivity contribution is 5.94. The number of amides is 1. The Morgan fingerprint density at radius 3 is 2.34 bits per heavy atom. The first-order chi connectivity index (χ1) is 14.0. The molecule has 1 amide bonds. The quantitative estimate of drug-likeness (QED) is 0.476. The van der Waals surface area contributed by atoms with Gasteiger partial charge in [-0.1, -0.05) is 60.2 Å². The van der Waals surface area contributed by atoms with Gasteiger partial charge in [0, 0.05) is 17.6 Å². The van der Waals surface area contributed by atoms with Gasteiger partial charge in [0.2, 0.25) is 0 Å². The van der Waals surface area contributed by atoms with Crippen molar-refractivity contribution in [3.8, 4) is 0 Å². The van der Waals surface area contributed by atoms with Crippen molar-refractivity contribution in [1.82, 2.24) is 9.72 Å². The maximum absolute atomic E-state index is 13.2. The summed E-state index contributed by atoms with van der Waals surface area (Å²) in [5.74, 6) is -0.0589. The van der Waals surface area contributed by atoms with E-state index in [0.717, 1.165) is 28.8 Å². The normalized spacial score (nSPS) is 12.1. The summed E-state index contributed by atoms with van der Waals surface area (Å²) in [6.45, 7) is 6.14. The van der Waals surface area contributed by atoms with Gasteiger partial charge in [0.05, 0.1) is 6.04 Å². The number of fused-ring (bicyclic) bond motifs is 1. The van der Waals surface area contributed by atoms with E-state index in [1.54, 1.807) is 0 Å². The molecule has 3 nitrogen and oxygen atoms in total. The maximum atomic E-state index is 13.2. The Morgan fingerprint density at radius 1 is 0.897 bits per heavy atom. The Morgan fingerprint density at radius 2 is 1.62 bits per heavy atom. The van der Waals surface area contributed by atoms with Crippen LogP contribution in [0.5, 0.6) is 0 Å². The van der Waals surface area contributed by atoms with E-state index >= 15 is 0 Å². The monoisotopic (exact) mass is 382 g/mol. The van der Waals surface area contributed by atoms with E-state index in [4.69, 9.17) is 0 Å². The molecular formula is C26H26N2O. The van der Waals surface area contributed by atoms with E-state index in [1.807, 2.05) is 50.2 Å². The zero-order valence-electron chi connectivity index (χ0n) is 17.1. The van der Waals surface area contributed by atoms with Gasteiger partial charge in [-0.25, -0.2) is 0 Å². The molecule has 0 saturated carbocycles. The van der Waals surface area contributed by atoms with Crippen molar-refractivity contribution in [1.29, 1.82) is 0 Å². The van der Waals surface area contributed by atoms with Gasteiger partial charge < -0.3 is 9.72 Å². The molecule has 0 radical (unpaired) electrons. The highest BCUT2D eigenvalue weighted by Crippen LogP contribution is 2.21. The summed E-state index contributed by atoms with van der Waals surface area (Å²) in [5, 5.41) is 3.16. The van der Waals surface area contributed by atoms with Gasteiger partial charge in [-0.2, -0.15) is 0 Å². The number of aryl methyl sites for hydroxylation is 2. The Balaban J connectivity index is 1.68. The Bertz CT molecular complexity index is 1140. The molecule has 1 N–H and O–H groups in total. The summed E-state index contributed by atoms with van der Waals surface area (Å²) < 4.78 is 2.08. The fourth-order valence-corrected chi connectivity index (χ4v) is 3.77. The molecule has 3 heteroatoms. The average Bonchev–Trinajstić information content (AvgIpc) is 3.12. The van der Waals surface area contributed by atoms with Crippen molar-refractivity contribution >= 4 is 11.4 Å². The minimum absolute atomic E-state index is 0.0589. The predicted molar refractivity (Wildman–Crippen MR) is 118 cm³/mol. The number of rotatable bonds is 5. The molecule has 4 aromatic rings. The number of carbonyl (C=O) groups excluding carboxylic acids is 1. The molecule has 0 saturated heterocycles. The summed E-state index contributed by atoms with van der Waals surface area (Å²) in [7, 11) is 0. The van der Waals surface area contributed by atoms with Crippen LogP contribution in [0.15, 0.2) is 78.9 Å². The van der Waals surface area contributed by atoms with Crippen LogP contribution >= 0.6 is 0 Å². The van der Waals surface area contributed by atoms with Crippen LogP contribution in [-0.2, 0) is 6.42 Å². The molecule has 0 spiro atoms. The number of aromatic nitrogens is 1. The molecule has 1 atom stereocenters. The summed E-state index contributed by atoms with van der Waals surface area (Å²) >= 11 is 0. The van der Waals surface area contributed by atoms with Crippen LogP contribution in [-0.4, -0.2) is 10.3 Å². The third kappa shape index (κ3) is 4.09. The molecule has 0 bridgehead atoms. The first kappa shape index (κ1) is 19.0. The Hall–Kier alpha value is -3.33. The first-order valence-electron chi connectivity index (χ1n) is 10.0. The van der Waals surface area contributed by atoms with Crippen molar-refractivity contribution < 1.29 is 4.79 Å². The topological polar surface area (TPSA) is 33.5 Å². The van der Waals surface area contributed by atoms with Crippen LogP contribution in [0.3, 0.4) is 0 Å². The first-order valence-corrected chi connectivity index (χ1v) is 10.0. The lowest BCUT2D eigenvalue weighted by atomic mass is 10.1. The summed E-state index contributed by atoms with van der Waals surface area (Å²) in [4.78, 5) is 13.2. The standard InChI is InChI=1S/C26H26N2O/c1-18-9-11-21(12-10-18)17-24-14-13-23-15-19(2)16-25(28(23)24)26(29)27-20(3)22-7-5-4-6-8-22/h4-16,20H,17H2,1-3H3,(H,27,29)/t20-/m0/s1. The van der Waals surface area contributed by atoms with Crippen LogP contribution in [0, 0.1) is 13.8 Å². The van der Waals surface area contributed by atoms with Crippen molar-refractivity contribution in [3.05, 3.63) is 113 Å². The third-order valence-electron chi connectivity index (χ3n) is 5.36. The van der Waals surface area contributed by atoms with Crippen LogP contribution in [0.1, 0.15) is 51.4 Å². The van der Waals surface area contributed by atoms with Gasteiger partial charge in [-0.05, 0) is 61.7 Å². The number of hydrogen-bond acceptors (Lipinski definition) is 1. The molecule has 2 aromatic heterocycles. The Kier molecular flexibility index (Phi) is 5.22. The summed E-state index contributed by atoms with van der Waals surface area (Å²) in [6.07, 6.45) is 0.784. The lowest BCUT2D eigenvalue weighted by Crippen LogP contribution is -2.28. The van der Waals surface area contributed by atoms with Crippen molar-refractivity contribution in [2.45, 2.75) is 33.2 Å². The third-order valence-corrected chi connectivity index (χ3v) is 5.36. The van der Waals surface area contributed by atoms with Crippen LogP contribution in [0.2, 0.25) is 0 Å². The summed E-state index contributed by atoms with van der Waals surface area (Å²) in [6, 6.07) is 26.9. The zero-order valence-corrected chi connectivity index (χ0v) is 17.1. The van der Waals surface area contributed by atoms with Gasteiger partial charge in [0.15, 0.2) is 0 Å². The Labute approximate surface area is 172 Å². The highest BCUT2D eigenvalue weighted by atomic mass is 16.2. The molecule has 0 aliphatic carbocycles. The van der Waals surface area contributed by atoms with E-state index in [9.17, 15) is 4.79 Å². The number of benzene rings is 2. The molecular weight excluding hydrogens is 356 g/mol. The van der Waals surface area contributed by atoms with Gasteiger partial charge in [-0.15, -0.1) is 0 Å². The molecule has 4 rings (SSSR count). The van der Waals surface area contributed by atoms with Gasteiger partial charge >= 0.3 is 0 Å². The minimum Gasteiger partial charge on any atom is -0.344 e. The van der Waals surface area contributed by atoms with E-state index in [2.05, 4.69) is 59.1 Å². The molecule has 0 fully saturated rings. The zero-order chi connectivity index (χ0) is 20.4. The number of hydrogen-bond donors (Lipinski definition) is 1. The second-order valence-corrected chi connectivity index (χ2v) is 7.77. The lowest BCUT2D eigenvalue weighted by Gasteiger charge is -2.17. The molecule has 0 aliphatic rings. The fourth-order valence-electron chi connectivity index (χ4n) is 3.77. The number of pyridine rings is 1. The summed E-state index contributed by atoms with van der Waals surface area (Å²) in [5.41, 5.74) is 7.49. The minimum atomic E-state index is -0.0598. The van der Waals surface area contributed by atoms with E-state index < -0.39 is 0 Å². The lowest BCUT2D eigenvalue weighted by molar-refractivity contribution is 0.0933. The van der Waals surface area contributed by atoms with Crippen LogP contribution in [0.4, 0.5) is 0 Å². The van der Waals surface area contributed by atoms with E-state index in [1.165, 1.54) is 11.1 Å². The van der Waals surface area contributed by atoms with Gasteiger partial charge in [0.25, 0.3) is 5.91 Å². The van der Waals surface area contributed by atoms with Crippen molar-refractivity contribution in [3.63, 3.8) is 0 Å². The second-order valence-electron chi connectivity index (χ2n) is 7.77. The van der Waals surface area contributed by atoms with E-state index in [-0.39, 0.29) is 11.9 Å². The van der Waals surface area contributed by atoms with Crippen molar-refractivity contribution in [2.24, 2.45) is 0 Å². The molecule has 29 heavy (non-hydrogen) atoms. The number of nitrogens with one attached hydrogen (secondary N) is 1.